The first-order valence-corrected chi connectivity index (χ1v) is 5.52. The molecule has 92 valence electrons. The van der Waals surface area contributed by atoms with Crippen LogP contribution in [0.1, 0.15) is 18.4 Å². The molecule has 0 heterocycles. The number of nitrogens with one attached hydrogen (secondary N) is 1. The number of hydrogen-bond acceptors (Lipinski definition) is 3. The van der Waals surface area contributed by atoms with Gasteiger partial charge in [-0.3, -0.25) is 0 Å². The molecule has 0 radical (unpaired) electrons. The standard InChI is InChI=1S/C13H19N3O/c1-10(2)8-15-9-12(13(14)16-17)11-6-4-3-5-7-11/h3-7,12,15,17H,1,8-9H2,2H3,(H2,14,16). The van der Waals surface area contributed by atoms with Crippen LogP contribution in [-0.2, 0) is 0 Å². The number of amidine groups is 1. The Hall–Kier alpha value is -1.81. The van der Waals surface area contributed by atoms with E-state index in [0.29, 0.717) is 6.54 Å². The summed E-state index contributed by atoms with van der Waals surface area (Å²) in [4.78, 5) is 0. The van der Waals surface area contributed by atoms with Gasteiger partial charge in [0.2, 0.25) is 0 Å². The topological polar surface area (TPSA) is 70.6 Å². The molecule has 0 amide bonds. The van der Waals surface area contributed by atoms with E-state index < -0.39 is 0 Å². The minimum atomic E-state index is -0.124. The van der Waals surface area contributed by atoms with Gasteiger partial charge in [-0.15, -0.1) is 0 Å². The first kappa shape index (κ1) is 13.3. The predicted molar refractivity (Wildman–Crippen MR) is 70.3 cm³/mol. The summed E-state index contributed by atoms with van der Waals surface area (Å²) in [5.74, 6) is 0.0889. The van der Waals surface area contributed by atoms with Crippen molar-refractivity contribution in [3.05, 3.63) is 48.0 Å². The summed E-state index contributed by atoms with van der Waals surface area (Å²) >= 11 is 0. The first-order valence-electron chi connectivity index (χ1n) is 5.52. The number of nitrogens with zero attached hydrogens (tertiary/aromatic N) is 1. The minimum Gasteiger partial charge on any atom is -0.409 e. The zero-order valence-corrected chi connectivity index (χ0v) is 10.1. The van der Waals surface area contributed by atoms with Gasteiger partial charge in [0, 0.05) is 13.1 Å². The van der Waals surface area contributed by atoms with E-state index in [-0.39, 0.29) is 11.8 Å². The molecule has 4 heteroatoms. The molecule has 0 aliphatic rings. The zero-order chi connectivity index (χ0) is 12.7. The van der Waals surface area contributed by atoms with Crippen LogP contribution in [0.3, 0.4) is 0 Å². The van der Waals surface area contributed by atoms with Gasteiger partial charge in [-0.2, -0.15) is 0 Å². The lowest BCUT2D eigenvalue weighted by atomic mass is 9.98. The smallest absolute Gasteiger partial charge is 0.147 e. The van der Waals surface area contributed by atoms with Crippen LogP contribution in [0, 0.1) is 0 Å². The van der Waals surface area contributed by atoms with E-state index in [1.807, 2.05) is 37.3 Å². The molecular formula is C13H19N3O. The highest BCUT2D eigenvalue weighted by atomic mass is 16.4. The van der Waals surface area contributed by atoms with Gasteiger partial charge in [0.15, 0.2) is 0 Å². The lowest BCUT2D eigenvalue weighted by Gasteiger charge is -2.16. The van der Waals surface area contributed by atoms with Gasteiger partial charge in [0.25, 0.3) is 0 Å². The van der Waals surface area contributed by atoms with Gasteiger partial charge < -0.3 is 16.3 Å². The predicted octanol–water partition coefficient (Wildman–Crippen LogP) is 1.68. The van der Waals surface area contributed by atoms with Crippen LogP contribution in [0.15, 0.2) is 47.6 Å². The van der Waals surface area contributed by atoms with Crippen molar-refractivity contribution in [1.82, 2.24) is 5.32 Å². The number of nitrogens with two attached hydrogens (primary N) is 1. The Morgan fingerprint density at radius 1 is 1.47 bits per heavy atom. The van der Waals surface area contributed by atoms with Crippen LogP contribution in [0.25, 0.3) is 0 Å². The summed E-state index contributed by atoms with van der Waals surface area (Å²) in [6.45, 7) is 7.11. The van der Waals surface area contributed by atoms with Crippen LogP contribution in [0.5, 0.6) is 0 Å². The second kappa shape index (κ2) is 6.70. The molecule has 0 aromatic heterocycles. The average Bonchev–Trinajstić information content (AvgIpc) is 2.34. The normalized spacial score (nSPS) is 13.4. The molecule has 17 heavy (non-hydrogen) atoms. The maximum Gasteiger partial charge on any atom is 0.147 e. The Labute approximate surface area is 102 Å². The molecule has 1 aromatic rings. The zero-order valence-electron chi connectivity index (χ0n) is 10.1. The largest absolute Gasteiger partial charge is 0.409 e. The quantitative estimate of drug-likeness (QED) is 0.230. The van der Waals surface area contributed by atoms with Crippen molar-refractivity contribution in [3.8, 4) is 0 Å². The summed E-state index contributed by atoms with van der Waals surface area (Å²) in [7, 11) is 0. The van der Waals surface area contributed by atoms with Crippen molar-refractivity contribution in [1.29, 1.82) is 0 Å². The van der Waals surface area contributed by atoms with E-state index in [1.165, 1.54) is 0 Å². The minimum absolute atomic E-state index is 0.124. The molecule has 0 aliphatic carbocycles. The first-order chi connectivity index (χ1) is 8.15. The fourth-order valence-electron chi connectivity index (χ4n) is 1.58. The molecular weight excluding hydrogens is 214 g/mol. The van der Waals surface area contributed by atoms with Gasteiger partial charge in [-0.25, -0.2) is 0 Å². The monoisotopic (exact) mass is 233 g/mol. The van der Waals surface area contributed by atoms with Crippen LogP contribution in [0.4, 0.5) is 0 Å². The number of rotatable bonds is 6. The van der Waals surface area contributed by atoms with Crippen molar-refractivity contribution in [2.45, 2.75) is 12.8 Å². The Kier molecular flexibility index (Phi) is 5.23. The summed E-state index contributed by atoms with van der Waals surface area (Å²) in [5, 5.41) is 15.1. The third-order valence-electron chi connectivity index (χ3n) is 2.45. The molecule has 1 aromatic carbocycles. The maximum atomic E-state index is 8.79. The van der Waals surface area contributed by atoms with E-state index >= 15 is 0 Å². The highest BCUT2D eigenvalue weighted by Gasteiger charge is 2.15. The summed E-state index contributed by atoms with van der Waals surface area (Å²) in [6.07, 6.45) is 0. The molecule has 0 saturated heterocycles. The molecule has 4 nitrogen and oxygen atoms in total. The van der Waals surface area contributed by atoms with Crippen LogP contribution < -0.4 is 11.1 Å². The van der Waals surface area contributed by atoms with Crippen LogP contribution in [0.2, 0.25) is 0 Å². The van der Waals surface area contributed by atoms with Crippen LogP contribution >= 0.6 is 0 Å². The lowest BCUT2D eigenvalue weighted by Crippen LogP contribution is -2.32. The molecule has 1 unspecified atom stereocenters. The Balaban J connectivity index is 2.72. The second-order valence-electron chi connectivity index (χ2n) is 4.08. The van der Waals surface area contributed by atoms with Gasteiger partial charge in [0.05, 0.1) is 5.92 Å². The molecule has 1 rings (SSSR count). The molecule has 0 spiro atoms. The maximum absolute atomic E-state index is 8.79. The van der Waals surface area contributed by atoms with E-state index in [2.05, 4.69) is 17.1 Å². The summed E-state index contributed by atoms with van der Waals surface area (Å²) in [5.41, 5.74) is 7.78. The highest BCUT2D eigenvalue weighted by molar-refractivity contribution is 5.87. The van der Waals surface area contributed by atoms with Crippen molar-refractivity contribution < 1.29 is 5.21 Å². The van der Waals surface area contributed by atoms with E-state index in [9.17, 15) is 0 Å². The SMILES string of the molecule is C=C(C)CNCC(/C(N)=N/O)c1ccccc1. The molecule has 0 bridgehead atoms. The van der Waals surface area contributed by atoms with E-state index in [1.54, 1.807) is 0 Å². The molecule has 0 aliphatic heterocycles. The molecule has 0 fully saturated rings. The third kappa shape index (κ3) is 4.28. The van der Waals surface area contributed by atoms with Gasteiger partial charge in [-0.1, -0.05) is 47.6 Å². The fourth-order valence-corrected chi connectivity index (χ4v) is 1.58. The van der Waals surface area contributed by atoms with E-state index in [4.69, 9.17) is 10.9 Å². The fraction of sp³-hybridized carbons (Fsp3) is 0.308. The van der Waals surface area contributed by atoms with Gasteiger partial charge >= 0.3 is 0 Å². The van der Waals surface area contributed by atoms with Crippen LogP contribution in [-0.4, -0.2) is 24.1 Å². The third-order valence-corrected chi connectivity index (χ3v) is 2.45. The summed E-state index contributed by atoms with van der Waals surface area (Å²) < 4.78 is 0. The van der Waals surface area contributed by atoms with E-state index in [0.717, 1.165) is 17.7 Å². The van der Waals surface area contributed by atoms with Gasteiger partial charge in [-0.05, 0) is 12.5 Å². The Morgan fingerprint density at radius 3 is 2.65 bits per heavy atom. The van der Waals surface area contributed by atoms with Crippen molar-refractivity contribution in [2.75, 3.05) is 13.1 Å². The Morgan fingerprint density at radius 2 is 2.12 bits per heavy atom. The van der Waals surface area contributed by atoms with Crippen molar-refractivity contribution >= 4 is 5.84 Å². The average molecular weight is 233 g/mol. The molecule has 0 saturated carbocycles. The van der Waals surface area contributed by atoms with Crippen molar-refractivity contribution in [2.24, 2.45) is 10.9 Å². The Bertz CT molecular complexity index is 387. The molecule has 4 N–H and O–H groups in total. The van der Waals surface area contributed by atoms with Gasteiger partial charge in [0.1, 0.15) is 5.84 Å². The molecule has 1 atom stereocenters. The summed E-state index contributed by atoms with van der Waals surface area (Å²) in [6, 6.07) is 9.74. The number of oxime groups is 1. The lowest BCUT2D eigenvalue weighted by molar-refractivity contribution is 0.315. The van der Waals surface area contributed by atoms with Crippen molar-refractivity contribution in [3.63, 3.8) is 0 Å². The highest BCUT2D eigenvalue weighted by Crippen LogP contribution is 2.14. The second-order valence-corrected chi connectivity index (χ2v) is 4.08. The number of benzene rings is 1. The number of hydrogen-bond donors (Lipinski definition) is 3.